The molecule has 2 aliphatic heterocycles. The van der Waals surface area contributed by atoms with Crippen LogP contribution in [-0.4, -0.2) is 46.8 Å². The van der Waals surface area contributed by atoms with Crippen LogP contribution in [0, 0.1) is 0 Å². The Balaban J connectivity index is 2.18. The van der Waals surface area contributed by atoms with E-state index in [1.54, 1.807) is 30.6 Å². The molecule has 2 aliphatic rings. The molecule has 15 heavy (non-hydrogen) atoms. The number of hydrogen-bond donors (Lipinski definition) is 1. The van der Waals surface area contributed by atoms with Gasteiger partial charge < -0.3 is 10.2 Å². The molecule has 0 bridgehead atoms. The summed E-state index contributed by atoms with van der Waals surface area (Å²) < 4.78 is 0. The van der Waals surface area contributed by atoms with E-state index in [0.29, 0.717) is 0 Å². The molecule has 2 rings (SSSR count). The quantitative estimate of drug-likeness (QED) is 0.735. The minimum atomic E-state index is -0.191. The van der Waals surface area contributed by atoms with E-state index in [9.17, 15) is 9.59 Å². The highest BCUT2D eigenvalue weighted by Gasteiger charge is 2.44. The Morgan fingerprint density at radius 1 is 1.53 bits per heavy atom. The molecule has 0 radical (unpaired) electrons. The van der Waals surface area contributed by atoms with E-state index in [4.69, 9.17) is 0 Å². The van der Waals surface area contributed by atoms with Crippen LogP contribution < -0.4 is 5.32 Å². The number of ketones is 1. The van der Waals surface area contributed by atoms with Crippen molar-refractivity contribution < 1.29 is 9.59 Å². The van der Waals surface area contributed by atoms with Gasteiger partial charge >= 0.3 is 0 Å². The molecule has 0 aromatic carbocycles. The average molecular weight is 228 g/mol. The highest BCUT2D eigenvalue weighted by atomic mass is 32.2. The van der Waals surface area contributed by atoms with Crippen LogP contribution in [0.2, 0.25) is 0 Å². The summed E-state index contributed by atoms with van der Waals surface area (Å²) >= 11 is 1.74. The molecule has 2 fully saturated rings. The average Bonchev–Trinajstić information content (AvgIpc) is 2.63. The Labute approximate surface area is 93.8 Å². The van der Waals surface area contributed by atoms with Crippen molar-refractivity contribution in [1.29, 1.82) is 0 Å². The molecule has 2 unspecified atom stereocenters. The zero-order chi connectivity index (χ0) is 11.0. The molecule has 5 heteroatoms. The van der Waals surface area contributed by atoms with Crippen molar-refractivity contribution in [3.63, 3.8) is 0 Å². The number of Topliss-reactive ketones (excluding diaryl/α,β-unsaturated/α-hetero) is 1. The van der Waals surface area contributed by atoms with Gasteiger partial charge in [0, 0.05) is 5.75 Å². The van der Waals surface area contributed by atoms with Gasteiger partial charge in [0.25, 0.3) is 0 Å². The van der Waals surface area contributed by atoms with Crippen molar-refractivity contribution in [2.75, 3.05) is 12.8 Å². The first-order valence-electron chi connectivity index (χ1n) is 5.26. The molecule has 4 nitrogen and oxygen atoms in total. The van der Waals surface area contributed by atoms with Crippen molar-refractivity contribution in [3.8, 4) is 0 Å². The Bertz CT molecular complexity index is 295. The number of piperidine rings is 1. The van der Waals surface area contributed by atoms with Crippen LogP contribution in [0.5, 0.6) is 0 Å². The fraction of sp³-hybridized carbons (Fsp3) is 0.800. The van der Waals surface area contributed by atoms with E-state index in [2.05, 4.69) is 5.32 Å². The minimum absolute atomic E-state index is 0.0956. The number of nitrogens with one attached hydrogen (secondary N) is 1. The first kappa shape index (κ1) is 11.0. The number of thioether (sulfide) groups is 1. The molecule has 3 atom stereocenters. The molecule has 1 N–H and O–H groups in total. The maximum absolute atomic E-state index is 12.1. The molecule has 2 heterocycles. The van der Waals surface area contributed by atoms with Crippen LogP contribution in [0.4, 0.5) is 0 Å². The summed E-state index contributed by atoms with van der Waals surface area (Å²) in [6.45, 7) is 1.57. The van der Waals surface area contributed by atoms with Gasteiger partial charge in [0.2, 0.25) is 5.91 Å². The molecule has 0 aliphatic carbocycles. The van der Waals surface area contributed by atoms with Crippen molar-refractivity contribution in [3.05, 3.63) is 0 Å². The van der Waals surface area contributed by atoms with Crippen molar-refractivity contribution in [1.82, 2.24) is 10.2 Å². The summed E-state index contributed by atoms with van der Waals surface area (Å²) in [5, 5.41) is 3.25. The zero-order valence-corrected chi connectivity index (χ0v) is 9.84. The molecular weight excluding hydrogens is 212 g/mol. The molecule has 0 saturated carbocycles. The van der Waals surface area contributed by atoms with E-state index in [1.807, 2.05) is 0 Å². The molecule has 1 amide bonds. The first-order chi connectivity index (χ1) is 7.15. The van der Waals surface area contributed by atoms with Crippen LogP contribution in [0.1, 0.15) is 19.8 Å². The number of hydrogen-bond acceptors (Lipinski definition) is 4. The lowest BCUT2D eigenvalue weighted by molar-refractivity contribution is -0.142. The number of fused-ring (bicyclic) bond motifs is 1. The van der Waals surface area contributed by atoms with Crippen LogP contribution >= 0.6 is 11.8 Å². The summed E-state index contributed by atoms with van der Waals surface area (Å²) in [5.41, 5.74) is 0. The number of nitrogens with zero attached hydrogens (tertiary/aromatic N) is 1. The number of amides is 1. The van der Waals surface area contributed by atoms with E-state index in [-0.39, 0.29) is 29.1 Å². The fourth-order valence-corrected chi connectivity index (χ4v) is 3.79. The van der Waals surface area contributed by atoms with Gasteiger partial charge in [-0.05, 0) is 26.8 Å². The van der Waals surface area contributed by atoms with E-state index >= 15 is 0 Å². The zero-order valence-electron chi connectivity index (χ0n) is 9.03. The van der Waals surface area contributed by atoms with E-state index in [1.165, 1.54) is 0 Å². The third-order valence-corrected chi connectivity index (χ3v) is 4.52. The van der Waals surface area contributed by atoms with Gasteiger partial charge in [0.05, 0.1) is 11.4 Å². The molecule has 2 saturated heterocycles. The van der Waals surface area contributed by atoms with Gasteiger partial charge in [-0.25, -0.2) is 0 Å². The Kier molecular flexibility index (Phi) is 3.02. The van der Waals surface area contributed by atoms with Gasteiger partial charge in [-0.3, -0.25) is 9.59 Å². The highest BCUT2D eigenvalue weighted by molar-refractivity contribution is 8.00. The van der Waals surface area contributed by atoms with Gasteiger partial charge in [-0.1, -0.05) is 0 Å². The Morgan fingerprint density at radius 2 is 2.27 bits per heavy atom. The lowest BCUT2D eigenvalue weighted by atomic mass is 10.0. The summed E-state index contributed by atoms with van der Waals surface area (Å²) in [6.07, 6.45) is 1.87. The van der Waals surface area contributed by atoms with Crippen molar-refractivity contribution >= 4 is 23.5 Å². The van der Waals surface area contributed by atoms with Crippen LogP contribution in [0.25, 0.3) is 0 Å². The summed E-state index contributed by atoms with van der Waals surface area (Å²) in [6, 6.07) is -0.287. The molecule has 0 aromatic rings. The van der Waals surface area contributed by atoms with Crippen LogP contribution in [0.3, 0.4) is 0 Å². The van der Waals surface area contributed by atoms with Crippen molar-refractivity contribution in [2.45, 2.75) is 37.2 Å². The van der Waals surface area contributed by atoms with E-state index < -0.39 is 0 Å². The summed E-state index contributed by atoms with van der Waals surface area (Å²) in [4.78, 5) is 25.3. The lowest BCUT2D eigenvalue weighted by Gasteiger charge is -2.36. The van der Waals surface area contributed by atoms with Gasteiger partial charge in [-0.15, -0.1) is 11.8 Å². The standard InChI is InChI=1S/C10H16N2O2S/c1-6(13)8-5-15-9-4-3-7(11-2)10(14)12(8)9/h7-9,11H,3-5H2,1-2H3/t7?,8?,9-/m0/s1. The largest absolute Gasteiger partial charge is 0.318 e. The third kappa shape index (κ3) is 1.78. The molecule has 84 valence electrons. The minimum Gasteiger partial charge on any atom is -0.318 e. The number of rotatable bonds is 2. The van der Waals surface area contributed by atoms with Crippen molar-refractivity contribution in [2.24, 2.45) is 0 Å². The normalized spacial score (nSPS) is 35.5. The maximum Gasteiger partial charge on any atom is 0.241 e. The number of carbonyl (C=O) groups is 2. The third-order valence-electron chi connectivity index (χ3n) is 3.17. The first-order valence-corrected chi connectivity index (χ1v) is 6.31. The molecule has 0 spiro atoms. The smallest absolute Gasteiger partial charge is 0.241 e. The fourth-order valence-electron chi connectivity index (χ4n) is 2.28. The van der Waals surface area contributed by atoms with Gasteiger partial charge in [0.15, 0.2) is 5.78 Å². The second kappa shape index (κ2) is 4.14. The Morgan fingerprint density at radius 3 is 2.87 bits per heavy atom. The maximum atomic E-state index is 12.1. The Hall–Kier alpha value is -0.550. The molecule has 0 aromatic heterocycles. The summed E-state index contributed by atoms with van der Waals surface area (Å²) in [5.74, 6) is 0.969. The predicted octanol–water partition coefficient (Wildman–Crippen LogP) is 0.227. The topological polar surface area (TPSA) is 49.4 Å². The monoisotopic (exact) mass is 228 g/mol. The van der Waals surface area contributed by atoms with E-state index in [0.717, 1.165) is 18.6 Å². The number of likely N-dealkylation sites (N-methyl/N-ethyl adjacent to an activating group) is 1. The second-order valence-electron chi connectivity index (χ2n) is 4.08. The second-order valence-corrected chi connectivity index (χ2v) is 5.29. The van der Waals surface area contributed by atoms with Gasteiger partial charge in [0.1, 0.15) is 6.04 Å². The summed E-state index contributed by atoms with van der Waals surface area (Å²) in [7, 11) is 1.80. The SMILES string of the molecule is CNC1CC[C@@H]2SCC(C(C)=O)N2C1=O. The van der Waals surface area contributed by atoms with Crippen LogP contribution in [0.15, 0.2) is 0 Å². The lowest BCUT2D eigenvalue weighted by Crippen LogP contribution is -2.55. The van der Waals surface area contributed by atoms with Crippen LogP contribution in [-0.2, 0) is 9.59 Å². The predicted molar refractivity (Wildman–Crippen MR) is 59.6 cm³/mol. The van der Waals surface area contributed by atoms with Gasteiger partial charge in [-0.2, -0.15) is 0 Å². The number of carbonyl (C=O) groups excluding carboxylic acids is 2. The molecular formula is C10H16N2O2S. The highest BCUT2D eigenvalue weighted by Crippen LogP contribution is 2.36.